The number of nitrogens with one attached hydrogen (secondary N) is 1. The molecule has 0 atom stereocenters. The first-order valence-corrected chi connectivity index (χ1v) is 11.0. The van der Waals surface area contributed by atoms with Gasteiger partial charge in [0.05, 0.1) is 17.0 Å². The zero-order valence-electron chi connectivity index (χ0n) is 17.3. The summed E-state index contributed by atoms with van der Waals surface area (Å²) in [6.45, 7) is 6.54. The van der Waals surface area contributed by atoms with Crippen LogP contribution < -0.4 is 5.32 Å². The Morgan fingerprint density at radius 3 is 2.50 bits per heavy atom. The first kappa shape index (κ1) is 20.2. The predicted molar refractivity (Wildman–Crippen MR) is 115 cm³/mol. The van der Waals surface area contributed by atoms with Crippen LogP contribution in [0.1, 0.15) is 16.7 Å². The van der Waals surface area contributed by atoms with Gasteiger partial charge < -0.3 is 10.1 Å². The summed E-state index contributed by atoms with van der Waals surface area (Å²) < 4.78 is 33.7. The Morgan fingerprint density at radius 2 is 1.80 bits per heavy atom. The number of ether oxygens (including phenoxy) is 1. The highest BCUT2D eigenvalue weighted by Crippen LogP contribution is 2.31. The van der Waals surface area contributed by atoms with Crippen molar-refractivity contribution in [3.63, 3.8) is 0 Å². The van der Waals surface area contributed by atoms with Gasteiger partial charge in [0.15, 0.2) is 5.65 Å². The molecule has 4 rings (SSSR count). The van der Waals surface area contributed by atoms with E-state index in [1.165, 1.54) is 4.52 Å². The number of hydrogen-bond acceptors (Lipinski definition) is 7. The number of aromatic nitrogens is 4. The normalized spacial score (nSPS) is 12.0. The van der Waals surface area contributed by atoms with E-state index in [1.54, 1.807) is 21.0 Å². The number of methoxy groups -OCH3 is 1. The van der Waals surface area contributed by atoms with Crippen molar-refractivity contribution in [3.8, 4) is 0 Å². The largest absolute Gasteiger partial charge is 0.383 e. The molecule has 2 heterocycles. The highest BCUT2D eigenvalue weighted by molar-refractivity contribution is 7.91. The SMILES string of the molecule is COCCNc1nc2c(S(=O)(=O)c3c(C)cc(C)cc3C)nnn2c2ccccc12. The molecule has 2 aromatic carbocycles. The smallest absolute Gasteiger partial charge is 0.230 e. The van der Waals surface area contributed by atoms with E-state index in [2.05, 4.69) is 20.6 Å². The maximum Gasteiger partial charge on any atom is 0.230 e. The van der Waals surface area contributed by atoms with Crippen LogP contribution in [0.2, 0.25) is 0 Å². The second kappa shape index (κ2) is 7.66. The maximum atomic E-state index is 13.6. The van der Waals surface area contributed by atoms with Crippen molar-refractivity contribution in [3.05, 3.63) is 53.1 Å². The zero-order valence-corrected chi connectivity index (χ0v) is 18.1. The van der Waals surface area contributed by atoms with Crippen molar-refractivity contribution in [1.82, 2.24) is 19.8 Å². The maximum absolute atomic E-state index is 13.6. The molecule has 0 spiro atoms. The van der Waals surface area contributed by atoms with Gasteiger partial charge in [0, 0.05) is 19.0 Å². The first-order valence-electron chi connectivity index (χ1n) is 9.54. The van der Waals surface area contributed by atoms with Gasteiger partial charge in [-0.05, 0) is 44.0 Å². The van der Waals surface area contributed by atoms with Gasteiger partial charge in [0.25, 0.3) is 0 Å². The molecule has 4 aromatic rings. The van der Waals surface area contributed by atoms with Crippen LogP contribution in [0.15, 0.2) is 46.3 Å². The summed E-state index contributed by atoms with van der Waals surface area (Å²) in [7, 11) is -2.30. The molecular formula is C21H23N5O3S. The molecule has 0 bridgehead atoms. The molecule has 2 aromatic heterocycles. The summed E-state index contributed by atoms with van der Waals surface area (Å²) in [5.74, 6) is 0.561. The summed E-state index contributed by atoms with van der Waals surface area (Å²) >= 11 is 0. The molecule has 0 unspecified atom stereocenters. The molecule has 0 aliphatic heterocycles. The van der Waals surface area contributed by atoms with E-state index in [9.17, 15) is 8.42 Å². The Morgan fingerprint density at radius 1 is 1.10 bits per heavy atom. The van der Waals surface area contributed by atoms with E-state index in [1.807, 2.05) is 43.3 Å². The molecule has 30 heavy (non-hydrogen) atoms. The van der Waals surface area contributed by atoms with Crippen LogP contribution in [-0.4, -0.2) is 48.5 Å². The number of benzene rings is 2. The lowest BCUT2D eigenvalue weighted by Crippen LogP contribution is -2.12. The topological polar surface area (TPSA) is 98.5 Å². The molecule has 0 fully saturated rings. The van der Waals surface area contributed by atoms with E-state index in [0.717, 1.165) is 10.9 Å². The molecule has 1 N–H and O–H groups in total. The molecule has 156 valence electrons. The fourth-order valence-electron chi connectivity index (χ4n) is 3.81. The quantitative estimate of drug-likeness (QED) is 0.474. The molecule has 0 aliphatic rings. The van der Waals surface area contributed by atoms with Crippen LogP contribution in [0.5, 0.6) is 0 Å². The number of hydrogen-bond donors (Lipinski definition) is 1. The van der Waals surface area contributed by atoms with Crippen molar-refractivity contribution in [2.24, 2.45) is 0 Å². The molecule has 0 aliphatic carbocycles. The summed E-state index contributed by atoms with van der Waals surface area (Å²) in [4.78, 5) is 4.85. The van der Waals surface area contributed by atoms with Crippen molar-refractivity contribution in [2.45, 2.75) is 30.7 Å². The van der Waals surface area contributed by atoms with E-state index in [0.29, 0.717) is 35.6 Å². The second-order valence-electron chi connectivity index (χ2n) is 7.26. The molecule has 9 heteroatoms. The van der Waals surface area contributed by atoms with Crippen molar-refractivity contribution < 1.29 is 13.2 Å². The summed E-state index contributed by atoms with van der Waals surface area (Å²) in [5.41, 5.74) is 3.26. The van der Waals surface area contributed by atoms with E-state index < -0.39 is 9.84 Å². The van der Waals surface area contributed by atoms with Gasteiger partial charge >= 0.3 is 0 Å². The second-order valence-corrected chi connectivity index (χ2v) is 9.06. The van der Waals surface area contributed by atoms with Gasteiger partial charge in [0.1, 0.15) is 5.82 Å². The summed E-state index contributed by atoms with van der Waals surface area (Å²) in [5, 5.41) is 12.1. The first-order chi connectivity index (χ1) is 14.3. The Kier molecular flexibility index (Phi) is 5.17. The lowest BCUT2D eigenvalue weighted by molar-refractivity contribution is 0.210. The highest BCUT2D eigenvalue weighted by Gasteiger charge is 2.30. The minimum Gasteiger partial charge on any atom is -0.383 e. The average Bonchev–Trinajstić information content (AvgIpc) is 3.12. The Hall–Kier alpha value is -3.04. The molecule has 0 saturated heterocycles. The zero-order chi connectivity index (χ0) is 21.5. The number of rotatable bonds is 6. The van der Waals surface area contributed by atoms with Gasteiger partial charge in [-0.3, -0.25) is 0 Å². The third-order valence-corrected chi connectivity index (χ3v) is 6.90. The van der Waals surface area contributed by atoms with Crippen molar-refractivity contribution in [2.75, 3.05) is 25.6 Å². The van der Waals surface area contributed by atoms with Crippen LogP contribution in [0.4, 0.5) is 5.82 Å². The predicted octanol–water partition coefficient (Wildman–Crippen LogP) is 3.09. The summed E-state index contributed by atoms with van der Waals surface area (Å²) in [6, 6.07) is 11.2. The number of anilines is 1. The Bertz CT molecular complexity index is 1340. The van der Waals surface area contributed by atoms with Crippen LogP contribution in [0.25, 0.3) is 16.6 Å². The third kappa shape index (κ3) is 3.29. The molecule has 0 radical (unpaired) electrons. The van der Waals surface area contributed by atoms with E-state index >= 15 is 0 Å². The number of fused-ring (bicyclic) bond motifs is 3. The number of nitrogens with zero attached hydrogens (tertiary/aromatic N) is 4. The van der Waals surface area contributed by atoms with Gasteiger partial charge in [-0.15, -0.1) is 5.10 Å². The molecule has 0 saturated carbocycles. The lowest BCUT2D eigenvalue weighted by Gasteiger charge is -2.12. The molecule has 0 amide bonds. The number of para-hydroxylation sites is 1. The van der Waals surface area contributed by atoms with E-state index in [4.69, 9.17) is 4.74 Å². The minimum atomic E-state index is -3.92. The van der Waals surface area contributed by atoms with Crippen molar-refractivity contribution in [1.29, 1.82) is 0 Å². The van der Waals surface area contributed by atoms with Crippen LogP contribution in [0.3, 0.4) is 0 Å². The molecular weight excluding hydrogens is 402 g/mol. The van der Waals surface area contributed by atoms with Crippen LogP contribution in [0, 0.1) is 20.8 Å². The minimum absolute atomic E-state index is 0.155. The average molecular weight is 426 g/mol. The third-order valence-electron chi connectivity index (χ3n) is 4.95. The number of aryl methyl sites for hydroxylation is 3. The Labute approximate surface area is 174 Å². The molecule has 8 nitrogen and oxygen atoms in total. The fraction of sp³-hybridized carbons (Fsp3) is 0.286. The van der Waals surface area contributed by atoms with Crippen LogP contribution >= 0.6 is 0 Å². The van der Waals surface area contributed by atoms with Gasteiger partial charge in [-0.1, -0.05) is 35.0 Å². The van der Waals surface area contributed by atoms with Gasteiger partial charge in [-0.25, -0.2) is 13.4 Å². The monoisotopic (exact) mass is 425 g/mol. The summed E-state index contributed by atoms with van der Waals surface area (Å²) in [6.07, 6.45) is 0. The Balaban J connectivity index is 1.97. The fourth-order valence-corrected chi connectivity index (χ4v) is 5.49. The lowest BCUT2D eigenvalue weighted by atomic mass is 10.1. The van der Waals surface area contributed by atoms with Crippen LogP contribution in [-0.2, 0) is 14.6 Å². The van der Waals surface area contributed by atoms with Gasteiger partial charge in [-0.2, -0.15) is 4.52 Å². The highest BCUT2D eigenvalue weighted by atomic mass is 32.2. The standard InChI is InChI=1S/C21H23N5O3S/c1-13-11-14(2)18(15(3)12-13)30(27,28)21-20-23-19(22-9-10-29-4)16-7-5-6-8-17(16)26(20)25-24-21/h5-8,11-12H,9-10H2,1-4H3,(H,22,23). The van der Waals surface area contributed by atoms with Crippen molar-refractivity contribution >= 4 is 32.2 Å². The number of sulfone groups is 1. The van der Waals surface area contributed by atoms with E-state index in [-0.39, 0.29) is 15.6 Å². The van der Waals surface area contributed by atoms with Gasteiger partial charge in [0.2, 0.25) is 14.9 Å².